The molecule has 0 aliphatic carbocycles. The van der Waals surface area contributed by atoms with Gasteiger partial charge in [-0.15, -0.1) is 0 Å². The lowest BCUT2D eigenvalue weighted by atomic mass is 10.1. The Labute approximate surface area is 109 Å². The molecule has 1 aliphatic rings. The summed E-state index contributed by atoms with van der Waals surface area (Å²) in [6, 6.07) is -0.214. The maximum atomic E-state index is 11.8. The number of hydrogen-bond donors (Lipinski definition) is 2. The quantitative estimate of drug-likeness (QED) is 0.802. The van der Waals surface area contributed by atoms with Gasteiger partial charge >= 0.3 is 6.03 Å². The molecule has 0 radical (unpaired) electrons. The summed E-state index contributed by atoms with van der Waals surface area (Å²) in [6.07, 6.45) is 3.81. The highest BCUT2D eigenvalue weighted by molar-refractivity contribution is 5.78. The molecule has 1 aliphatic heterocycles. The molecule has 1 fully saturated rings. The Morgan fingerprint density at radius 3 is 2.28 bits per heavy atom. The van der Waals surface area contributed by atoms with Crippen LogP contribution in [0.25, 0.3) is 0 Å². The average Bonchev–Trinajstić information content (AvgIpc) is 2.27. The summed E-state index contributed by atoms with van der Waals surface area (Å²) in [5.74, 6) is 0.144. The predicted molar refractivity (Wildman–Crippen MR) is 71.3 cm³/mol. The number of piperidine rings is 1. The second-order valence-corrected chi connectivity index (χ2v) is 5.82. The number of amides is 3. The van der Waals surface area contributed by atoms with E-state index in [9.17, 15) is 9.59 Å². The predicted octanol–water partition coefficient (Wildman–Crippen LogP) is 1.49. The van der Waals surface area contributed by atoms with E-state index in [2.05, 4.69) is 10.6 Å². The first kappa shape index (κ1) is 14.8. The monoisotopic (exact) mass is 255 g/mol. The van der Waals surface area contributed by atoms with Crippen molar-refractivity contribution in [2.75, 3.05) is 19.6 Å². The van der Waals surface area contributed by atoms with Gasteiger partial charge in [0, 0.05) is 31.6 Å². The molecule has 0 bridgehead atoms. The Kier molecular flexibility index (Phi) is 5.44. The van der Waals surface area contributed by atoms with Crippen molar-refractivity contribution in [2.24, 2.45) is 0 Å². The first-order valence-electron chi connectivity index (χ1n) is 6.72. The van der Waals surface area contributed by atoms with Crippen molar-refractivity contribution >= 4 is 11.9 Å². The normalized spacial score (nSPS) is 16.3. The number of carbonyl (C=O) groups is 2. The zero-order valence-corrected chi connectivity index (χ0v) is 11.7. The molecule has 0 unspecified atom stereocenters. The topological polar surface area (TPSA) is 61.4 Å². The number of hydrogen-bond acceptors (Lipinski definition) is 2. The van der Waals surface area contributed by atoms with Crippen LogP contribution in [0.1, 0.15) is 46.5 Å². The van der Waals surface area contributed by atoms with Crippen LogP contribution in [0, 0.1) is 0 Å². The molecule has 0 aromatic heterocycles. The summed E-state index contributed by atoms with van der Waals surface area (Å²) < 4.78 is 0. The molecule has 104 valence electrons. The van der Waals surface area contributed by atoms with Crippen LogP contribution in [0.4, 0.5) is 4.79 Å². The zero-order chi connectivity index (χ0) is 13.6. The van der Waals surface area contributed by atoms with Gasteiger partial charge in [0.15, 0.2) is 0 Å². The fourth-order valence-electron chi connectivity index (χ4n) is 1.97. The van der Waals surface area contributed by atoms with Crippen LogP contribution in [0.2, 0.25) is 0 Å². The Morgan fingerprint density at radius 2 is 1.72 bits per heavy atom. The molecule has 5 heteroatoms. The molecular formula is C13H25N3O2. The highest BCUT2D eigenvalue weighted by Crippen LogP contribution is 2.09. The Balaban J connectivity index is 2.17. The zero-order valence-electron chi connectivity index (χ0n) is 11.7. The molecule has 1 heterocycles. The number of nitrogens with one attached hydrogen (secondary N) is 2. The molecule has 5 nitrogen and oxygen atoms in total. The largest absolute Gasteiger partial charge is 0.343 e. The minimum Gasteiger partial charge on any atom is -0.343 e. The minimum absolute atomic E-state index is 0.144. The average molecular weight is 255 g/mol. The summed E-state index contributed by atoms with van der Waals surface area (Å²) in [5, 5.41) is 5.51. The number of rotatable bonds is 3. The SMILES string of the molecule is CC(C)(C)NC(=O)NCCC(=O)N1CCCCC1. The summed E-state index contributed by atoms with van der Waals surface area (Å²) in [4.78, 5) is 25.2. The van der Waals surface area contributed by atoms with E-state index in [0.717, 1.165) is 25.9 Å². The maximum Gasteiger partial charge on any atom is 0.315 e. The van der Waals surface area contributed by atoms with Gasteiger partial charge in [0.2, 0.25) is 5.91 Å². The van der Waals surface area contributed by atoms with Crippen LogP contribution in [0.3, 0.4) is 0 Å². The number of likely N-dealkylation sites (tertiary alicyclic amines) is 1. The first-order valence-corrected chi connectivity index (χ1v) is 6.72. The van der Waals surface area contributed by atoms with Gasteiger partial charge in [-0.2, -0.15) is 0 Å². The Bertz CT molecular complexity index is 291. The Hall–Kier alpha value is -1.26. The second-order valence-electron chi connectivity index (χ2n) is 5.82. The third kappa shape index (κ3) is 5.89. The van der Waals surface area contributed by atoms with E-state index in [4.69, 9.17) is 0 Å². The van der Waals surface area contributed by atoms with Gasteiger partial charge in [-0.3, -0.25) is 4.79 Å². The van der Waals surface area contributed by atoms with Crippen LogP contribution >= 0.6 is 0 Å². The van der Waals surface area contributed by atoms with Gasteiger partial charge in [0.05, 0.1) is 0 Å². The van der Waals surface area contributed by atoms with E-state index < -0.39 is 0 Å². The molecule has 1 saturated heterocycles. The van der Waals surface area contributed by atoms with Gasteiger partial charge in [-0.1, -0.05) is 0 Å². The van der Waals surface area contributed by atoms with Crippen molar-refractivity contribution in [3.05, 3.63) is 0 Å². The van der Waals surface area contributed by atoms with Crippen LogP contribution in [-0.2, 0) is 4.79 Å². The fourth-order valence-corrected chi connectivity index (χ4v) is 1.97. The number of urea groups is 1. The van der Waals surface area contributed by atoms with Crippen molar-refractivity contribution in [1.29, 1.82) is 0 Å². The third-order valence-corrected chi connectivity index (χ3v) is 2.82. The van der Waals surface area contributed by atoms with Crippen LogP contribution in [-0.4, -0.2) is 42.0 Å². The van der Waals surface area contributed by atoms with Crippen molar-refractivity contribution in [2.45, 2.75) is 52.0 Å². The molecule has 3 amide bonds. The van der Waals surface area contributed by atoms with Crippen LogP contribution in [0.5, 0.6) is 0 Å². The van der Waals surface area contributed by atoms with E-state index in [-0.39, 0.29) is 17.5 Å². The van der Waals surface area contributed by atoms with E-state index in [1.807, 2.05) is 25.7 Å². The summed E-state index contributed by atoms with van der Waals surface area (Å²) in [7, 11) is 0. The second kappa shape index (κ2) is 6.61. The lowest BCUT2D eigenvalue weighted by molar-refractivity contribution is -0.131. The molecule has 1 rings (SSSR count). The van der Waals surface area contributed by atoms with E-state index in [1.54, 1.807) is 0 Å². The highest BCUT2D eigenvalue weighted by atomic mass is 16.2. The molecule has 0 atom stereocenters. The first-order chi connectivity index (χ1) is 8.38. The van der Waals surface area contributed by atoms with Gasteiger partial charge < -0.3 is 15.5 Å². The maximum absolute atomic E-state index is 11.8. The van der Waals surface area contributed by atoms with Gasteiger partial charge in [-0.25, -0.2) is 4.79 Å². The van der Waals surface area contributed by atoms with E-state index >= 15 is 0 Å². The highest BCUT2D eigenvalue weighted by Gasteiger charge is 2.17. The molecule has 18 heavy (non-hydrogen) atoms. The fraction of sp³-hybridized carbons (Fsp3) is 0.846. The van der Waals surface area contributed by atoms with Gasteiger partial charge in [0.1, 0.15) is 0 Å². The third-order valence-electron chi connectivity index (χ3n) is 2.82. The van der Waals surface area contributed by atoms with E-state index in [1.165, 1.54) is 6.42 Å². The standard InChI is InChI=1S/C13H25N3O2/c1-13(2,3)15-12(18)14-8-7-11(17)16-9-5-4-6-10-16/h4-10H2,1-3H3,(H2,14,15,18). The van der Waals surface area contributed by atoms with Gasteiger partial charge in [0.25, 0.3) is 0 Å². The lowest BCUT2D eigenvalue weighted by Crippen LogP contribution is -2.47. The summed E-state index contributed by atoms with van der Waals surface area (Å²) in [6.45, 7) is 7.90. The molecule has 0 spiro atoms. The molecule has 0 saturated carbocycles. The lowest BCUT2D eigenvalue weighted by Gasteiger charge is -2.27. The van der Waals surface area contributed by atoms with Crippen molar-refractivity contribution < 1.29 is 9.59 Å². The molecular weight excluding hydrogens is 230 g/mol. The van der Waals surface area contributed by atoms with Crippen molar-refractivity contribution in [3.63, 3.8) is 0 Å². The summed E-state index contributed by atoms with van der Waals surface area (Å²) >= 11 is 0. The molecule has 2 N–H and O–H groups in total. The van der Waals surface area contributed by atoms with Crippen molar-refractivity contribution in [1.82, 2.24) is 15.5 Å². The Morgan fingerprint density at radius 1 is 1.11 bits per heavy atom. The minimum atomic E-state index is -0.249. The van der Waals surface area contributed by atoms with Crippen molar-refractivity contribution in [3.8, 4) is 0 Å². The van der Waals surface area contributed by atoms with Crippen LogP contribution in [0.15, 0.2) is 0 Å². The summed E-state index contributed by atoms with van der Waals surface area (Å²) in [5.41, 5.74) is -0.249. The van der Waals surface area contributed by atoms with Gasteiger partial charge in [-0.05, 0) is 40.0 Å². The number of nitrogens with zero attached hydrogens (tertiary/aromatic N) is 1. The van der Waals surface area contributed by atoms with E-state index in [0.29, 0.717) is 13.0 Å². The smallest absolute Gasteiger partial charge is 0.315 e. The molecule has 0 aromatic carbocycles. The molecule has 0 aromatic rings. The number of carbonyl (C=O) groups excluding carboxylic acids is 2. The van der Waals surface area contributed by atoms with Crippen LogP contribution < -0.4 is 10.6 Å².